The number of hydrogen-bond acceptors (Lipinski definition) is 11. The third-order valence-corrected chi connectivity index (χ3v) is 7.85. The van der Waals surface area contributed by atoms with Gasteiger partial charge in [0.1, 0.15) is 18.4 Å². The van der Waals surface area contributed by atoms with E-state index in [0.29, 0.717) is 5.57 Å². The number of hydrogen-bond donors (Lipinski definition) is 4. The first-order valence-electron chi connectivity index (χ1n) is 11.8. The first-order chi connectivity index (χ1) is 18.8. The number of nitrogens with zero attached hydrogens (tertiary/aromatic N) is 4. The highest BCUT2D eigenvalue weighted by molar-refractivity contribution is 7.99. The summed E-state index contributed by atoms with van der Waals surface area (Å²) in [4.78, 5) is 61.0. The van der Waals surface area contributed by atoms with E-state index in [2.05, 4.69) is 15.5 Å². The van der Waals surface area contributed by atoms with Gasteiger partial charge in [0.25, 0.3) is 11.8 Å². The fourth-order valence-corrected chi connectivity index (χ4v) is 5.35. The summed E-state index contributed by atoms with van der Waals surface area (Å²) < 4.78 is 7.84. The number of thiazole rings is 1. The van der Waals surface area contributed by atoms with E-state index < -0.39 is 53.4 Å². The number of fused-ring (bicyclic) bond motifs is 1. The summed E-state index contributed by atoms with van der Waals surface area (Å²) in [6.07, 6.45) is 1.98. The Balaban J connectivity index is 1.55. The molecule has 1 saturated heterocycles. The van der Waals surface area contributed by atoms with Gasteiger partial charge in [-0.3, -0.25) is 14.5 Å². The zero-order chi connectivity index (χ0) is 29.4. The normalized spacial score (nSPS) is 21.0. The topological polar surface area (TPSA) is 198 Å². The van der Waals surface area contributed by atoms with Crippen LogP contribution in [0.4, 0.5) is 5.13 Å². The van der Waals surface area contributed by atoms with Crippen LogP contribution in [0, 0.1) is 0 Å². The second kappa shape index (κ2) is 11.2. The molecule has 0 bridgehead atoms. The fourth-order valence-electron chi connectivity index (χ4n) is 3.79. The molecular weight excluding hydrogens is 564 g/mol. The van der Waals surface area contributed by atoms with Crippen LogP contribution in [-0.4, -0.2) is 79.3 Å². The van der Waals surface area contributed by atoms with Gasteiger partial charge in [-0.2, -0.15) is 0 Å². The van der Waals surface area contributed by atoms with E-state index in [0.717, 1.165) is 21.1 Å². The van der Waals surface area contributed by atoms with Gasteiger partial charge in [-0.15, -0.1) is 23.1 Å². The first kappa shape index (κ1) is 29.0. The molecule has 4 rings (SSSR count). The van der Waals surface area contributed by atoms with E-state index in [-0.39, 0.29) is 22.3 Å². The van der Waals surface area contributed by atoms with Crippen LogP contribution in [0.25, 0.3) is 0 Å². The maximum absolute atomic E-state index is 13.2. The molecule has 2 amide bonds. The van der Waals surface area contributed by atoms with E-state index in [1.807, 2.05) is 36.1 Å². The van der Waals surface area contributed by atoms with Crippen LogP contribution in [0.15, 0.2) is 51.2 Å². The van der Waals surface area contributed by atoms with Gasteiger partial charge in [0.05, 0.1) is 6.10 Å². The smallest absolute Gasteiger partial charge is 0.352 e. The molecule has 0 aromatic carbocycles. The minimum absolute atomic E-state index is 0.00249. The predicted octanol–water partition coefficient (Wildman–Crippen LogP) is 0.337. The summed E-state index contributed by atoms with van der Waals surface area (Å²) in [5.41, 5.74) is 3.72. The molecule has 14 nitrogen and oxygen atoms in total. The van der Waals surface area contributed by atoms with Crippen LogP contribution >= 0.6 is 23.1 Å². The molecule has 2 aliphatic rings. The lowest BCUT2D eigenvalue weighted by molar-refractivity contribution is -0.671. The second-order valence-corrected chi connectivity index (χ2v) is 11.4. The van der Waals surface area contributed by atoms with Crippen LogP contribution in [0.2, 0.25) is 0 Å². The fraction of sp³-hybridized carbons (Fsp3) is 0.375. The number of carboxylic acid groups (broad SMARTS) is 2. The number of carboxylic acids is 2. The van der Waals surface area contributed by atoms with Crippen LogP contribution in [0.5, 0.6) is 0 Å². The molecule has 2 aromatic heterocycles. The third kappa shape index (κ3) is 5.78. The highest BCUT2D eigenvalue weighted by atomic mass is 32.2. The molecule has 0 radical (unpaired) electrons. The molecule has 0 aliphatic carbocycles. The number of carbonyl (C=O) groups is 4. The largest absolute Gasteiger partial charge is 0.478 e. The van der Waals surface area contributed by atoms with Gasteiger partial charge >= 0.3 is 11.9 Å². The number of oxime groups is 1. The minimum atomic E-state index is -1.77. The number of aryl methyl sites for hydroxylation is 1. The van der Waals surface area contributed by atoms with Crippen LogP contribution in [0.1, 0.15) is 26.5 Å². The lowest BCUT2D eigenvalue weighted by Gasteiger charge is -2.51. The Bertz CT molecular complexity index is 1420. The molecule has 2 aromatic rings. The summed E-state index contributed by atoms with van der Waals surface area (Å²) in [5.74, 6) is -3.96. The summed E-state index contributed by atoms with van der Waals surface area (Å²) in [7, 11) is 1.88. The first-order valence-corrected chi connectivity index (χ1v) is 13.7. The van der Waals surface area contributed by atoms with E-state index in [1.165, 1.54) is 31.0 Å². The highest BCUT2D eigenvalue weighted by Gasteiger charge is 2.56. The average molecular weight is 592 g/mol. The zero-order valence-corrected chi connectivity index (χ0v) is 23.5. The maximum atomic E-state index is 13.2. The minimum Gasteiger partial charge on any atom is -0.478 e. The van der Waals surface area contributed by atoms with Gasteiger partial charge in [0.2, 0.25) is 5.60 Å². The molecule has 0 spiro atoms. The molecule has 5 N–H and O–H groups in total. The number of β-lactam (4-membered cyclic amide) rings is 1. The summed E-state index contributed by atoms with van der Waals surface area (Å²) in [5, 5.41) is 27.0. The number of aliphatic carboxylic acids is 2. The van der Waals surface area contributed by atoms with Gasteiger partial charge in [-0.05, 0) is 26.3 Å². The number of nitrogens with two attached hydrogens (primary N) is 1. The molecule has 0 saturated carbocycles. The molecule has 40 heavy (non-hydrogen) atoms. The summed E-state index contributed by atoms with van der Waals surface area (Å²) in [6.45, 7) is 4.15. The van der Waals surface area contributed by atoms with Gasteiger partial charge in [0.15, 0.2) is 35.5 Å². The summed E-state index contributed by atoms with van der Waals surface area (Å²) >= 11 is 2.42. The Morgan fingerprint density at radius 1 is 1.32 bits per heavy atom. The maximum Gasteiger partial charge on any atom is 0.352 e. The molecule has 4 heterocycles. The Labute approximate surface area is 236 Å². The Morgan fingerprint density at radius 3 is 2.58 bits per heavy atom. The van der Waals surface area contributed by atoms with Crippen molar-refractivity contribution in [2.24, 2.45) is 12.2 Å². The van der Waals surface area contributed by atoms with E-state index in [1.54, 1.807) is 6.92 Å². The van der Waals surface area contributed by atoms with Crippen LogP contribution in [0.3, 0.4) is 0 Å². The number of nitrogens with one attached hydrogen (secondary N) is 1. The van der Waals surface area contributed by atoms with E-state index in [9.17, 15) is 29.4 Å². The number of thioether (sulfide) groups is 1. The van der Waals surface area contributed by atoms with Crippen molar-refractivity contribution in [3.8, 4) is 0 Å². The van der Waals surface area contributed by atoms with E-state index >= 15 is 0 Å². The van der Waals surface area contributed by atoms with Crippen molar-refractivity contribution in [3.05, 3.63) is 46.9 Å². The molecule has 3 atom stereocenters. The number of ether oxygens (including phenoxy) is 1. The number of carbonyl (C=O) groups excluding carboxylic acids is 2. The van der Waals surface area contributed by atoms with Crippen LogP contribution < -0.4 is 15.6 Å². The molecule has 1 fully saturated rings. The number of rotatable bonds is 10. The lowest BCUT2D eigenvalue weighted by Crippen LogP contribution is -2.74. The SMILES string of the molecule is C[C@@H]1OC2[C@H](NC(=O)/C(=N/OC(C)(C)C(=O)O)c3csc(N)n3)C(=O)N2C(C(=O)O)=C1CSc1cc[n+](C)cc1. The third-order valence-electron chi connectivity index (χ3n) is 6.11. The number of pyridine rings is 1. The standard InChI is InChI=1S/C24H26N6O8S2/c1-11-13(9-39-12-5-7-29(4)8-6-12)17(21(33)34)30-19(32)16(20(30)37-11)27-18(31)15(14-10-40-23(25)26-14)28-38-24(2,3)22(35)36/h5-8,10-11,16,20H,9H2,1-4H3,(H4-,25,26,27,31,33,34,35,36)/p+1/b28-15+/t11-,16+,20?/m0/s1. The Kier molecular flexibility index (Phi) is 8.13. The van der Waals surface area contributed by atoms with Crippen molar-refractivity contribution in [2.45, 2.75) is 49.6 Å². The second-order valence-electron chi connectivity index (χ2n) is 9.41. The van der Waals surface area contributed by atoms with Crippen LogP contribution in [-0.2, 0) is 35.8 Å². The van der Waals surface area contributed by atoms with Gasteiger partial charge in [-0.1, -0.05) is 5.16 Å². The van der Waals surface area contributed by atoms with Crippen molar-refractivity contribution in [1.82, 2.24) is 15.2 Å². The summed E-state index contributed by atoms with van der Waals surface area (Å²) in [6, 6.07) is 2.54. The van der Waals surface area contributed by atoms with Crippen molar-refractivity contribution in [3.63, 3.8) is 0 Å². The van der Waals surface area contributed by atoms with Gasteiger partial charge in [-0.25, -0.2) is 19.1 Å². The number of amides is 2. The lowest BCUT2D eigenvalue weighted by atomic mass is 9.96. The highest BCUT2D eigenvalue weighted by Crippen LogP contribution is 2.38. The molecule has 1 unspecified atom stereocenters. The average Bonchev–Trinajstić information content (AvgIpc) is 3.32. The zero-order valence-electron chi connectivity index (χ0n) is 21.9. The number of aromatic nitrogens is 2. The van der Waals surface area contributed by atoms with E-state index in [4.69, 9.17) is 15.3 Å². The van der Waals surface area contributed by atoms with Gasteiger partial charge < -0.3 is 30.8 Å². The van der Waals surface area contributed by atoms with Crippen molar-refractivity contribution in [1.29, 1.82) is 0 Å². The molecule has 16 heteroatoms. The number of nitrogen functional groups attached to an aromatic ring is 1. The predicted molar refractivity (Wildman–Crippen MR) is 142 cm³/mol. The Hall–Kier alpha value is -4.02. The quantitative estimate of drug-likeness (QED) is 0.0977. The number of anilines is 1. The molecule has 212 valence electrons. The van der Waals surface area contributed by atoms with Crippen molar-refractivity contribution in [2.75, 3.05) is 11.5 Å². The monoisotopic (exact) mass is 591 g/mol. The van der Waals surface area contributed by atoms with Gasteiger partial charge in [0, 0.05) is 28.2 Å². The van der Waals surface area contributed by atoms with Crippen molar-refractivity contribution < 1.29 is 43.5 Å². The van der Waals surface area contributed by atoms with Crippen molar-refractivity contribution >= 4 is 57.7 Å². The molecular formula is C24H27N6O8S2+. The molecule has 2 aliphatic heterocycles. The Morgan fingerprint density at radius 2 is 2.00 bits per heavy atom.